The minimum absolute atomic E-state index is 0.118. The highest BCUT2D eigenvalue weighted by molar-refractivity contribution is 7.17. The summed E-state index contributed by atoms with van der Waals surface area (Å²) >= 11 is 1.54. The molecule has 104 valence electrons. The van der Waals surface area contributed by atoms with Gasteiger partial charge >= 0.3 is 0 Å². The molecule has 0 radical (unpaired) electrons. The Hall–Kier alpha value is -1.92. The van der Waals surface area contributed by atoms with Crippen molar-refractivity contribution >= 4 is 33.2 Å². The van der Waals surface area contributed by atoms with Crippen LogP contribution in [0.2, 0.25) is 0 Å². The summed E-state index contributed by atoms with van der Waals surface area (Å²) < 4.78 is 1.07. The predicted octanol–water partition coefficient (Wildman–Crippen LogP) is 0.801. The first kappa shape index (κ1) is 13.1. The van der Waals surface area contributed by atoms with Gasteiger partial charge in [0.2, 0.25) is 5.91 Å². The third kappa shape index (κ3) is 2.17. The second-order valence-corrected chi connectivity index (χ2v) is 5.68. The minimum Gasteiger partial charge on any atom is -0.368 e. The van der Waals surface area contributed by atoms with Crippen molar-refractivity contribution in [3.63, 3.8) is 0 Å². The average Bonchev–Trinajstić information content (AvgIpc) is 2.90. The maximum atomic E-state index is 12.7. The highest BCUT2D eigenvalue weighted by atomic mass is 32.1. The lowest BCUT2D eigenvalue weighted by Crippen LogP contribution is -2.58. The number of amides is 2. The summed E-state index contributed by atoms with van der Waals surface area (Å²) in [5, 5.41) is 5.88. The van der Waals surface area contributed by atoms with Crippen molar-refractivity contribution in [3.8, 4) is 0 Å². The Bertz CT molecular complexity index is 667. The molecule has 1 aliphatic heterocycles. The van der Waals surface area contributed by atoms with Gasteiger partial charge in [-0.2, -0.15) is 0 Å². The molecule has 1 fully saturated rings. The van der Waals surface area contributed by atoms with E-state index in [-0.39, 0.29) is 5.91 Å². The van der Waals surface area contributed by atoms with E-state index in [0.717, 1.165) is 10.1 Å². The molecule has 1 aliphatic rings. The van der Waals surface area contributed by atoms with Crippen LogP contribution < -0.4 is 11.1 Å². The predicted molar refractivity (Wildman–Crippen MR) is 78.7 cm³/mol. The number of nitrogens with zero attached hydrogens (tertiary/aromatic N) is 1. The van der Waals surface area contributed by atoms with Crippen LogP contribution in [0.1, 0.15) is 10.4 Å². The van der Waals surface area contributed by atoms with E-state index in [4.69, 9.17) is 5.73 Å². The van der Waals surface area contributed by atoms with Crippen LogP contribution in [-0.4, -0.2) is 42.4 Å². The van der Waals surface area contributed by atoms with Gasteiger partial charge in [0.15, 0.2) is 0 Å². The number of thiophene rings is 1. The Morgan fingerprint density at radius 2 is 2.15 bits per heavy atom. The number of piperazine rings is 1. The number of carbonyl (C=O) groups excluding carboxylic acids is 2. The van der Waals surface area contributed by atoms with Gasteiger partial charge < -0.3 is 16.0 Å². The van der Waals surface area contributed by atoms with Gasteiger partial charge in [-0.15, -0.1) is 11.3 Å². The Morgan fingerprint density at radius 1 is 1.35 bits per heavy atom. The molecule has 0 spiro atoms. The lowest BCUT2D eigenvalue weighted by molar-refractivity contribution is -0.122. The number of primary amides is 1. The van der Waals surface area contributed by atoms with Crippen molar-refractivity contribution in [1.82, 2.24) is 10.2 Å². The number of carbonyl (C=O) groups is 2. The summed E-state index contributed by atoms with van der Waals surface area (Å²) in [6.07, 6.45) is 0. The molecule has 0 saturated carbocycles. The molecular weight excluding hydrogens is 274 g/mol. The zero-order valence-corrected chi connectivity index (χ0v) is 11.7. The van der Waals surface area contributed by atoms with Crippen molar-refractivity contribution in [2.45, 2.75) is 6.04 Å². The van der Waals surface area contributed by atoms with Crippen molar-refractivity contribution < 1.29 is 9.59 Å². The number of benzene rings is 1. The third-order valence-corrected chi connectivity index (χ3v) is 4.51. The summed E-state index contributed by atoms with van der Waals surface area (Å²) in [5.74, 6) is -0.585. The quantitative estimate of drug-likeness (QED) is 0.858. The molecule has 1 atom stereocenters. The maximum absolute atomic E-state index is 12.7. The Morgan fingerprint density at radius 3 is 2.95 bits per heavy atom. The molecule has 1 saturated heterocycles. The van der Waals surface area contributed by atoms with Gasteiger partial charge in [-0.3, -0.25) is 9.59 Å². The molecule has 6 heteroatoms. The van der Waals surface area contributed by atoms with Crippen LogP contribution in [0, 0.1) is 0 Å². The van der Waals surface area contributed by atoms with Crippen LogP contribution in [0.25, 0.3) is 10.1 Å². The molecule has 3 rings (SSSR count). The van der Waals surface area contributed by atoms with Gasteiger partial charge in [-0.05, 0) is 6.07 Å². The van der Waals surface area contributed by atoms with Gasteiger partial charge in [0, 0.05) is 35.1 Å². The maximum Gasteiger partial charge on any atom is 0.256 e. The third-order valence-electron chi connectivity index (χ3n) is 3.54. The summed E-state index contributed by atoms with van der Waals surface area (Å²) in [6.45, 7) is 1.59. The van der Waals surface area contributed by atoms with E-state index in [1.807, 2.05) is 29.6 Å². The van der Waals surface area contributed by atoms with E-state index in [9.17, 15) is 9.59 Å². The zero-order valence-electron chi connectivity index (χ0n) is 10.8. The molecular formula is C14H15N3O2S. The first-order valence-corrected chi connectivity index (χ1v) is 7.33. The van der Waals surface area contributed by atoms with E-state index in [2.05, 4.69) is 5.32 Å². The van der Waals surface area contributed by atoms with Crippen LogP contribution in [0.5, 0.6) is 0 Å². The summed E-state index contributed by atoms with van der Waals surface area (Å²) in [7, 11) is 0. The molecule has 20 heavy (non-hydrogen) atoms. The van der Waals surface area contributed by atoms with E-state index < -0.39 is 11.9 Å². The van der Waals surface area contributed by atoms with E-state index in [0.29, 0.717) is 25.2 Å². The van der Waals surface area contributed by atoms with Crippen molar-refractivity contribution in [1.29, 1.82) is 0 Å². The van der Waals surface area contributed by atoms with E-state index >= 15 is 0 Å². The standard InChI is InChI=1S/C14H15N3O2S/c15-13(18)11-7-16-5-6-17(11)14(19)10-8-20-12-4-2-1-3-9(10)12/h1-4,8,11,16H,5-7H2,(H2,15,18). The number of nitrogens with two attached hydrogens (primary N) is 1. The summed E-state index contributed by atoms with van der Waals surface area (Å²) in [5.41, 5.74) is 6.04. The van der Waals surface area contributed by atoms with Crippen molar-refractivity contribution in [3.05, 3.63) is 35.2 Å². The molecule has 3 N–H and O–H groups in total. The Balaban J connectivity index is 1.96. The van der Waals surface area contributed by atoms with Crippen molar-refractivity contribution in [2.24, 2.45) is 5.73 Å². The minimum atomic E-state index is -0.574. The number of hydrogen-bond acceptors (Lipinski definition) is 4. The summed E-state index contributed by atoms with van der Waals surface area (Å²) in [6, 6.07) is 7.20. The molecule has 2 aromatic rings. The van der Waals surface area contributed by atoms with Crippen LogP contribution in [0.3, 0.4) is 0 Å². The summed E-state index contributed by atoms with van der Waals surface area (Å²) in [4.78, 5) is 25.8. The topological polar surface area (TPSA) is 75.4 Å². The zero-order chi connectivity index (χ0) is 14.1. The van der Waals surface area contributed by atoms with Crippen molar-refractivity contribution in [2.75, 3.05) is 19.6 Å². The Labute approximate surface area is 120 Å². The highest BCUT2D eigenvalue weighted by Crippen LogP contribution is 2.27. The number of hydrogen-bond donors (Lipinski definition) is 2. The molecule has 0 bridgehead atoms. The highest BCUT2D eigenvalue weighted by Gasteiger charge is 2.32. The molecule has 1 aromatic carbocycles. The smallest absolute Gasteiger partial charge is 0.256 e. The lowest BCUT2D eigenvalue weighted by atomic mass is 10.1. The lowest BCUT2D eigenvalue weighted by Gasteiger charge is -2.34. The van der Waals surface area contributed by atoms with Gasteiger partial charge in [-0.25, -0.2) is 0 Å². The number of rotatable bonds is 2. The monoisotopic (exact) mass is 289 g/mol. The Kier molecular flexibility index (Phi) is 3.42. The van der Waals surface area contributed by atoms with Gasteiger partial charge in [0.1, 0.15) is 6.04 Å². The molecule has 2 amide bonds. The SMILES string of the molecule is NC(=O)C1CNCCN1C(=O)c1csc2ccccc12. The van der Waals surface area contributed by atoms with Crippen LogP contribution in [0.4, 0.5) is 0 Å². The second kappa shape index (κ2) is 5.22. The number of fused-ring (bicyclic) bond motifs is 1. The fourth-order valence-corrected chi connectivity index (χ4v) is 3.43. The first-order chi connectivity index (χ1) is 9.68. The molecule has 5 nitrogen and oxygen atoms in total. The van der Waals surface area contributed by atoms with Crippen LogP contribution in [0.15, 0.2) is 29.6 Å². The van der Waals surface area contributed by atoms with Gasteiger partial charge in [0.05, 0.1) is 5.56 Å². The molecule has 0 aliphatic carbocycles. The van der Waals surface area contributed by atoms with E-state index in [1.165, 1.54) is 11.3 Å². The fraction of sp³-hybridized carbons (Fsp3) is 0.286. The fourth-order valence-electron chi connectivity index (χ4n) is 2.50. The second-order valence-electron chi connectivity index (χ2n) is 4.77. The normalized spacial score (nSPS) is 19.2. The molecule has 2 heterocycles. The average molecular weight is 289 g/mol. The van der Waals surface area contributed by atoms with Crippen LogP contribution in [-0.2, 0) is 4.79 Å². The molecule has 1 unspecified atom stereocenters. The largest absolute Gasteiger partial charge is 0.368 e. The van der Waals surface area contributed by atoms with Crippen LogP contribution >= 0.6 is 11.3 Å². The molecule has 1 aromatic heterocycles. The number of nitrogens with one attached hydrogen (secondary N) is 1. The first-order valence-electron chi connectivity index (χ1n) is 6.45. The van der Waals surface area contributed by atoms with E-state index in [1.54, 1.807) is 4.90 Å². The van der Waals surface area contributed by atoms with Gasteiger partial charge in [-0.1, -0.05) is 18.2 Å². The van der Waals surface area contributed by atoms with Gasteiger partial charge in [0.25, 0.3) is 5.91 Å².